The summed E-state index contributed by atoms with van der Waals surface area (Å²) in [6, 6.07) is 0. The first kappa shape index (κ1) is 17.4. The fraction of sp³-hybridized carbons (Fsp3) is 0.952. The van der Waals surface area contributed by atoms with E-state index in [-0.39, 0.29) is 5.92 Å². The van der Waals surface area contributed by atoms with Crippen LogP contribution in [0.5, 0.6) is 0 Å². The maximum Gasteiger partial charge on any atom is 0.125 e. The molecular formula is C21H35FO. The molecule has 3 unspecified atom stereocenters. The third-order valence-electron chi connectivity index (χ3n) is 7.66. The number of aldehydes is 1. The SMILES string of the molecule is CCC1CCC(C2CCC(C3CCC(C=O)C(F)C3)CC2)CC1. The lowest BCUT2D eigenvalue weighted by Crippen LogP contribution is -2.33. The lowest BCUT2D eigenvalue weighted by atomic mass is 9.65. The Labute approximate surface area is 141 Å². The van der Waals surface area contributed by atoms with Crippen LogP contribution in [-0.2, 0) is 4.79 Å². The lowest BCUT2D eigenvalue weighted by Gasteiger charge is -2.41. The standard InChI is InChI=1S/C21H35FO/c1-2-15-3-5-16(6-4-15)17-7-9-18(10-8-17)19-11-12-20(14-23)21(22)13-19/h14-21H,2-13H2,1H3. The number of alkyl halides is 1. The van der Waals surface area contributed by atoms with E-state index in [0.717, 1.165) is 42.8 Å². The van der Waals surface area contributed by atoms with Crippen molar-refractivity contribution in [3.05, 3.63) is 0 Å². The molecule has 3 aliphatic rings. The number of hydrogen-bond donors (Lipinski definition) is 0. The van der Waals surface area contributed by atoms with Gasteiger partial charge in [-0.25, -0.2) is 4.39 Å². The normalized spacial score (nSPS) is 45.6. The lowest BCUT2D eigenvalue weighted by molar-refractivity contribution is -0.114. The third kappa shape index (κ3) is 4.17. The van der Waals surface area contributed by atoms with Crippen molar-refractivity contribution in [1.29, 1.82) is 0 Å². The predicted octanol–water partition coefficient (Wildman–Crippen LogP) is 5.96. The molecule has 0 radical (unpaired) electrons. The van der Waals surface area contributed by atoms with E-state index in [2.05, 4.69) is 6.92 Å². The van der Waals surface area contributed by atoms with E-state index in [1.54, 1.807) is 0 Å². The van der Waals surface area contributed by atoms with E-state index < -0.39 is 6.17 Å². The van der Waals surface area contributed by atoms with Gasteiger partial charge >= 0.3 is 0 Å². The summed E-state index contributed by atoms with van der Waals surface area (Å²) in [4.78, 5) is 10.9. The van der Waals surface area contributed by atoms with Crippen molar-refractivity contribution in [3.63, 3.8) is 0 Å². The average Bonchev–Trinajstić information content (AvgIpc) is 2.62. The molecule has 0 saturated heterocycles. The molecule has 0 N–H and O–H groups in total. The average molecular weight is 323 g/mol. The number of halogens is 1. The first-order valence-corrected chi connectivity index (χ1v) is 10.3. The Morgan fingerprint density at radius 2 is 1.26 bits per heavy atom. The summed E-state index contributed by atoms with van der Waals surface area (Å²) in [5.74, 6) is 3.92. The van der Waals surface area contributed by atoms with Crippen LogP contribution < -0.4 is 0 Å². The highest BCUT2D eigenvalue weighted by molar-refractivity contribution is 5.54. The van der Waals surface area contributed by atoms with Gasteiger partial charge in [0.05, 0.1) is 0 Å². The van der Waals surface area contributed by atoms with Crippen molar-refractivity contribution < 1.29 is 9.18 Å². The van der Waals surface area contributed by atoms with Gasteiger partial charge in [0.2, 0.25) is 0 Å². The van der Waals surface area contributed by atoms with Gasteiger partial charge in [0.15, 0.2) is 0 Å². The molecule has 23 heavy (non-hydrogen) atoms. The zero-order valence-electron chi connectivity index (χ0n) is 14.9. The molecule has 2 heteroatoms. The molecule has 0 bridgehead atoms. The van der Waals surface area contributed by atoms with Crippen LogP contribution in [0.25, 0.3) is 0 Å². The second kappa shape index (κ2) is 8.12. The van der Waals surface area contributed by atoms with Crippen molar-refractivity contribution >= 4 is 6.29 Å². The summed E-state index contributed by atoms with van der Waals surface area (Å²) in [6.45, 7) is 2.34. The van der Waals surface area contributed by atoms with Crippen molar-refractivity contribution in [1.82, 2.24) is 0 Å². The van der Waals surface area contributed by atoms with E-state index in [1.165, 1.54) is 57.8 Å². The van der Waals surface area contributed by atoms with Gasteiger partial charge in [-0.2, -0.15) is 0 Å². The Bertz CT molecular complexity index is 366. The Kier molecular flexibility index (Phi) is 6.15. The van der Waals surface area contributed by atoms with Gasteiger partial charge in [0, 0.05) is 5.92 Å². The van der Waals surface area contributed by atoms with Crippen LogP contribution in [0.4, 0.5) is 4.39 Å². The maximum atomic E-state index is 14.1. The summed E-state index contributed by atoms with van der Waals surface area (Å²) in [5.41, 5.74) is 0. The van der Waals surface area contributed by atoms with Crippen LogP contribution in [0.1, 0.15) is 84.0 Å². The van der Waals surface area contributed by atoms with E-state index in [4.69, 9.17) is 0 Å². The number of carbonyl (C=O) groups is 1. The smallest absolute Gasteiger partial charge is 0.125 e. The number of hydrogen-bond acceptors (Lipinski definition) is 1. The minimum atomic E-state index is -0.867. The van der Waals surface area contributed by atoms with Crippen LogP contribution in [0, 0.1) is 35.5 Å². The van der Waals surface area contributed by atoms with Gasteiger partial charge in [-0.1, -0.05) is 26.2 Å². The molecule has 0 aromatic heterocycles. The van der Waals surface area contributed by atoms with E-state index >= 15 is 0 Å². The molecular weight excluding hydrogens is 287 g/mol. The predicted molar refractivity (Wildman–Crippen MR) is 93.0 cm³/mol. The fourth-order valence-electron chi connectivity index (χ4n) is 5.91. The fourth-order valence-corrected chi connectivity index (χ4v) is 5.91. The monoisotopic (exact) mass is 322 g/mol. The Balaban J connectivity index is 1.43. The minimum absolute atomic E-state index is 0.309. The first-order valence-electron chi connectivity index (χ1n) is 10.3. The summed E-state index contributed by atoms with van der Waals surface area (Å²) < 4.78 is 14.1. The van der Waals surface area contributed by atoms with Crippen molar-refractivity contribution in [3.8, 4) is 0 Å². The third-order valence-corrected chi connectivity index (χ3v) is 7.66. The number of carbonyl (C=O) groups excluding carboxylic acids is 1. The Morgan fingerprint density at radius 3 is 1.74 bits per heavy atom. The van der Waals surface area contributed by atoms with Crippen molar-refractivity contribution in [2.75, 3.05) is 0 Å². The van der Waals surface area contributed by atoms with E-state index in [9.17, 15) is 9.18 Å². The molecule has 1 nitrogen and oxygen atoms in total. The quantitative estimate of drug-likeness (QED) is 0.583. The molecule has 3 atom stereocenters. The molecule has 0 heterocycles. The van der Waals surface area contributed by atoms with Gasteiger partial charge in [0.25, 0.3) is 0 Å². The second-order valence-electron chi connectivity index (χ2n) is 8.75. The molecule has 0 amide bonds. The molecule has 3 fully saturated rings. The highest BCUT2D eigenvalue weighted by atomic mass is 19.1. The van der Waals surface area contributed by atoms with Crippen LogP contribution >= 0.6 is 0 Å². The maximum absolute atomic E-state index is 14.1. The van der Waals surface area contributed by atoms with Crippen LogP contribution in [0.3, 0.4) is 0 Å². The van der Waals surface area contributed by atoms with E-state index in [1.807, 2.05) is 0 Å². The van der Waals surface area contributed by atoms with Crippen LogP contribution in [-0.4, -0.2) is 12.5 Å². The topological polar surface area (TPSA) is 17.1 Å². The first-order chi connectivity index (χ1) is 11.2. The highest BCUT2D eigenvalue weighted by Crippen LogP contribution is 2.46. The zero-order chi connectivity index (χ0) is 16.2. The summed E-state index contributed by atoms with van der Waals surface area (Å²) >= 11 is 0. The molecule has 3 rings (SSSR count). The molecule has 0 aliphatic heterocycles. The second-order valence-corrected chi connectivity index (χ2v) is 8.75. The zero-order valence-corrected chi connectivity index (χ0v) is 14.9. The highest BCUT2D eigenvalue weighted by Gasteiger charge is 2.37. The molecule has 0 aromatic carbocycles. The molecule has 132 valence electrons. The van der Waals surface area contributed by atoms with Gasteiger partial charge in [-0.05, 0) is 87.4 Å². The summed E-state index contributed by atoms with van der Waals surface area (Å²) in [5, 5.41) is 0. The molecule has 3 aliphatic carbocycles. The molecule has 0 spiro atoms. The largest absolute Gasteiger partial charge is 0.303 e. The minimum Gasteiger partial charge on any atom is -0.303 e. The van der Waals surface area contributed by atoms with Gasteiger partial charge in [0.1, 0.15) is 12.5 Å². The Morgan fingerprint density at radius 1 is 0.783 bits per heavy atom. The number of rotatable bonds is 4. The van der Waals surface area contributed by atoms with Gasteiger partial charge in [-0.15, -0.1) is 0 Å². The van der Waals surface area contributed by atoms with Gasteiger partial charge < -0.3 is 4.79 Å². The van der Waals surface area contributed by atoms with E-state index in [0.29, 0.717) is 12.3 Å². The van der Waals surface area contributed by atoms with Crippen molar-refractivity contribution in [2.45, 2.75) is 90.1 Å². The van der Waals surface area contributed by atoms with Crippen LogP contribution in [0.2, 0.25) is 0 Å². The summed E-state index contributed by atoms with van der Waals surface area (Å²) in [7, 11) is 0. The van der Waals surface area contributed by atoms with Crippen molar-refractivity contribution in [2.24, 2.45) is 35.5 Å². The molecule has 3 saturated carbocycles. The van der Waals surface area contributed by atoms with Gasteiger partial charge in [-0.3, -0.25) is 0 Å². The van der Waals surface area contributed by atoms with Crippen LogP contribution in [0.15, 0.2) is 0 Å². The summed E-state index contributed by atoms with van der Waals surface area (Å²) in [6.07, 6.45) is 15.1. The molecule has 0 aromatic rings. The Hall–Kier alpha value is -0.400.